The molecule has 0 saturated carbocycles. The number of hydrogen-bond donors (Lipinski definition) is 0. The van der Waals surface area contributed by atoms with Gasteiger partial charge in [0.15, 0.2) is 29.3 Å². The van der Waals surface area contributed by atoms with Gasteiger partial charge in [0.25, 0.3) is 0 Å². The number of allylic oxidation sites excluding steroid dienone is 1. The average molecular weight is 391 g/mol. The molecular formula is C21H23ClO5. The van der Waals surface area contributed by atoms with E-state index in [1.54, 1.807) is 43.5 Å². The molecule has 0 aliphatic heterocycles. The third kappa shape index (κ3) is 4.74. The molecule has 0 N–H and O–H groups in total. The van der Waals surface area contributed by atoms with Crippen LogP contribution in [0.15, 0.2) is 36.4 Å². The Morgan fingerprint density at radius 1 is 0.852 bits per heavy atom. The molecule has 2 aromatic rings. The number of ether oxygens (including phenoxy) is 4. The van der Waals surface area contributed by atoms with Crippen LogP contribution < -0.4 is 18.9 Å². The number of hydrogen-bond acceptors (Lipinski definition) is 5. The van der Waals surface area contributed by atoms with Crippen molar-refractivity contribution in [2.75, 3.05) is 27.4 Å². The zero-order valence-electron chi connectivity index (χ0n) is 15.9. The number of methoxy groups -OCH3 is 2. The van der Waals surface area contributed by atoms with Crippen LogP contribution in [-0.4, -0.2) is 33.7 Å². The molecule has 6 heteroatoms. The molecule has 0 amide bonds. The van der Waals surface area contributed by atoms with Crippen LogP contribution in [0.4, 0.5) is 0 Å². The zero-order valence-corrected chi connectivity index (χ0v) is 16.6. The summed E-state index contributed by atoms with van der Waals surface area (Å²) in [6, 6.07) is 10.5. The Bertz CT molecular complexity index is 829. The van der Waals surface area contributed by atoms with E-state index in [4.69, 9.17) is 30.5 Å². The summed E-state index contributed by atoms with van der Waals surface area (Å²) >= 11 is 6.56. The van der Waals surface area contributed by atoms with E-state index in [1.165, 1.54) is 7.11 Å². The number of carbonyl (C=O) groups is 1. The fourth-order valence-electron chi connectivity index (χ4n) is 2.59. The molecule has 0 radical (unpaired) electrons. The van der Waals surface area contributed by atoms with Crippen molar-refractivity contribution in [2.45, 2.75) is 13.8 Å². The van der Waals surface area contributed by atoms with Gasteiger partial charge < -0.3 is 18.9 Å². The SMILES string of the molecule is CCOc1ccc(/C(Cl)=C(/C=O)c2ccc(OC)c(OC)c2)cc1OCC. The minimum absolute atomic E-state index is 0.307. The van der Waals surface area contributed by atoms with Crippen LogP contribution >= 0.6 is 11.6 Å². The molecule has 0 aromatic heterocycles. The molecule has 0 unspecified atom stereocenters. The summed E-state index contributed by atoms with van der Waals surface area (Å²) in [5, 5.41) is 0.307. The quantitative estimate of drug-likeness (QED) is 0.349. The van der Waals surface area contributed by atoms with E-state index in [-0.39, 0.29) is 0 Å². The molecule has 144 valence electrons. The number of aldehydes is 1. The monoisotopic (exact) mass is 390 g/mol. The van der Waals surface area contributed by atoms with E-state index < -0.39 is 0 Å². The summed E-state index contributed by atoms with van der Waals surface area (Å²) in [7, 11) is 3.09. The molecule has 5 nitrogen and oxygen atoms in total. The van der Waals surface area contributed by atoms with Crippen LogP contribution in [0.1, 0.15) is 25.0 Å². The van der Waals surface area contributed by atoms with Gasteiger partial charge in [0.05, 0.1) is 32.5 Å². The lowest BCUT2D eigenvalue weighted by atomic mass is 10.0. The first-order valence-corrected chi connectivity index (χ1v) is 8.94. The summed E-state index contributed by atoms with van der Waals surface area (Å²) in [6.45, 7) is 4.80. The topological polar surface area (TPSA) is 54.0 Å². The Balaban J connectivity index is 2.53. The number of carbonyl (C=O) groups excluding carboxylic acids is 1. The largest absolute Gasteiger partial charge is 0.493 e. The van der Waals surface area contributed by atoms with Crippen LogP contribution in [0, 0.1) is 0 Å². The van der Waals surface area contributed by atoms with Crippen LogP contribution in [0.5, 0.6) is 23.0 Å². The normalized spacial score (nSPS) is 11.4. The van der Waals surface area contributed by atoms with Gasteiger partial charge in [-0.25, -0.2) is 0 Å². The highest BCUT2D eigenvalue weighted by molar-refractivity contribution is 6.55. The molecule has 0 saturated heterocycles. The molecule has 0 spiro atoms. The first-order valence-electron chi connectivity index (χ1n) is 8.56. The Kier molecular flexibility index (Phi) is 7.55. The van der Waals surface area contributed by atoms with Gasteiger partial charge in [-0.3, -0.25) is 4.79 Å². The highest BCUT2D eigenvalue weighted by Crippen LogP contribution is 2.37. The second-order valence-corrected chi connectivity index (χ2v) is 5.82. The third-order valence-electron chi connectivity index (χ3n) is 3.85. The maximum absolute atomic E-state index is 11.8. The molecule has 2 rings (SSSR count). The molecule has 0 aliphatic rings. The van der Waals surface area contributed by atoms with Crippen molar-refractivity contribution in [3.63, 3.8) is 0 Å². The van der Waals surface area contributed by atoms with Crippen LogP contribution in [-0.2, 0) is 4.79 Å². The van der Waals surface area contributed by atoms with Crippen molar-refractivity contribution in [3.05, 3.63) is 47.5 Å². The summed E-state index contributed by atoms with van der Waals surface area (Å²) in [4.78, 5) is 11.8. The van der Waals surface area contributed by atoms with Gasteiger partial charge in [-0.15, -0.1) is 0 Å². The van der Waals surface area contributed by atoms with Crippen LogP contribution in [0.25, 0.3) is 10.6 Å². The van der Waals surface area contributed by atoms with E-state index in [0.29, 0.717) is 57.9 Å². The molecule has 0 bridgehead atoms. The smallest absolute Gasteiger partial charge is 0.161 e. The van der Waals surface area contributed by atoms with Gasteiger partial charge in [-0.2, -0.15) is 0 Å². The Hall–Kier alpha value is -2.66. The summed E-state index contributed by atoms with van der Waals surface area (Å²) in [5.41, 5.74) is 1.61. The first kappa shape index (κ1) is 20.6. The maximum Gasteiger partial charge on any atom is 0.161 e. The Morgan fingerprint density at radius 2 is 1.41 bits per heavy atom. The third-order valence-corrected chi connectivity index (χ3v) is 4.27. The van der Waals surface area contributed by atoms with Crippen LogP contribution in [0.2, 0.25) is 0 Å². The lowest BCUT2D eigenvalue weighted by molar-refractivity contribution is -0.103. The van der Waals surface area contributed by atoms with Gasteiger partial charge in [0.1, 0.15) is 0 Å². The van der Waals surface area contributed by atoms with E-state index in [9.17, 15) is 4.79 Å². The van der Waals surface area contributed by atoms with Crippen molar-refractivity contribution >= 4 is 28.5 Å². The van der Waals surface area contributed by atoms with Gasteiger partial charge in [0, 0.05) is 5.57 Å². The van der Waals surface area contributed by atoms with Crippen molar-refractivity contribution in [1.82, 2.24) is 0 Å². The summed E-state index contributed by atoms with van der Waals surface area (Å²) in [6.07, 6.45) is 0.723. The van der Waals surface area contributed by atoms with E-state index in [2.05, 4.69) is 0 Å². The summed E-state index contributed by atoms with van der Waals surface area (Å²) in [5.74, 6) is 2.29. The van der Waals surface area contributed by atoms with Gasteiger partial charge in [-0.05, 0) is 55.3 Å². The standard InChI is InChI=1S/C21H23ClO5/c1-5-26-18-10-8-15(12-20(18)27-6-2)21(22)16(13-23)14-7-9-17(24-3)19(11-14)25-4/h7-13H,5-6H2,1-4H3/b21-16+. The Labute approximate surface area is 164 Å². The molecular weight excluding hydrogens is 368 g/mol. The van der Waals surface area contributed by atoms with Gasteiger partial charge in [-0.1, -0.05) is 17.7 Å². The summed E-state index contributed by atoms with van der Waals surface area (Å²) < 4.78 is 21.7. The highest BCUT2D eigenvalue weighted by atomic mass is 35.5. The minimum Gasteiger partial charge on any atom is -0.493 e. The molecule has 0 atom stereocenters. The molecule has 0 heterocycles. The van der Waals surface area contributed by atoms with E-state index in [0.717, 1.165) is 6.29 Å². The van der Waals surface area contributed by atoms with Gasteiger partial charge in [0.2, 0.25) is 0 Å². The predicted molar refractivity (Wildman–Crippen MR) is 107 cm³/mol. The fraction of sp³-hybridized carbons (Fsp3) is 0.286. The predicted octanol–water partition coefficient (Wildman–Crippen LogP) is 4.81. The molecule has 2 aromatic carbocycles. The number of halogens is 1. The maximum atomic E-state index is 11.8. The number of benzene rings is 2. The van der Waals surface area contributed by atoms with Crippen LogP contribution in [0.3, 0.4) is 0 Å². The lowest BCUT2D eigenvalue weighted by Crippen LogP contribution is -1.99. The first-order chi connectivity index (χ1) is 13.1. The number of rotatable bonds is 9. The van der Waals surface area contributed by atoms with Crippen molar-refractivity contribution in [1.29, 1.82) is 0 Å². The van der Waals surface area contributed by atoms with Crippen molar-refractivity contribution in [2.24, 2.45) is 0 Å². The Morgan fingerprint density at radius 3 is 2.00 bits per heavy atom. The van der Waals surface area contributed by atoms with Crippen molar-refractivity contribution < 1.29 is 23.7 Å². The lowest BCUT2D eigenvalue weighted by Gasteiger charge is -2.14. The second-order valence-electron chi connectivity index (χ2n) is 5.44. The van der Waals surface area contributed by atoms with E-state index >= 15 is 0 Å². The van der Waals surface area contributed by atoms with Crippen molar-refractivity contribution in [3.8, 4) is 23.0 Å². The zero-order chi connectivity index (χ0) is 19.8. The molecule has 0 fully saturated rings. The molecule has 0 aliphatic carbocycles. The van der Waals surface area contributed by atoms with Gasteiger partial charge >= 0.3 is 0 Å². The fourth-order valence-corrected chi connectivity index (χ4v) is 2.86. The molecule has 27 heavy (non-hydrogen) atoms. The average Bonchev–Trinajstić information content (AvgIpc) is 2.69. The highest BCUT2D eigenvalue weighted by Gasteiger charge is 2.15. The minimum atomic E-state index is 0.307. The second kappa shape index (κ2) is 9.88. The van der Waals surface area contributed by atoms with E-state index in [1.807, 2.05) is 13.8 Å².